The molecule has 0 aliphatic carbocycles. The highest BCUT2D eigenvalue weighted by atomic mass is 19.1. The average molecular weight is 278 g/mol. The van der Waals surface area contributed by atoms with E-state index in [0.717, 1.165) is 12.3 Å². The fraction of sp³-hybridized carbons (Fsp3) is 0.286. The first kappa shape index (κ1) is 14.2. The summed E-state index contributed by atoms with van der Waals surface area (Å²) in [4.78, 5) is 15.5. The molecule has 1 amide bonds. The molecule has 0 saturated carbocycles. The molecule has 0 aliphatic rings. The zero-order chi connectivity index (χ0) is 14.5. The van der Waals surface area contributed by atoms with Gasteiger partial charge < -0.3 is 14.8 Å². The van der Waals surface area contributed by atoms with Gasteiger partial charge in [0.25, 0.3) is 5.91 Å². The normalized spacial score (nSPS) is 13.8. The Morgan fingerprint density at radius 3 is 3.00 bits per heavy atom. The topological polar surface area (TPSA) is 75.4 Å². The molecule has 0 aliphatic heterocycles. The van der Waals surface area contributed by atoms with Gasteiger partial charge >= 0.3 is 0 Å². The van der Waals surface area contributed by atoms with Crippen molar-refractivity contribution >= 4 is 5.91 Å². The highest BCUT2D eigenvalue weighted by Gasteiger charge is 2.17. The molecular formula is C14H15FN2O3. The van der Waals surface area contributed by atoms with Gasteiger partial charge in [-0.1, -0.05) is 0 Å². The summed E-state index contributed by atoms with van der Waals surface area (Å²) in [7, 11) is 0. The molecule has 0 radical (unpaired) electrons. The Morgan fingerprint density at radius 1 is 1.55 bits per heavy atom. The molecular weight excluding hydrogens is 263 g/mol. The van der Waals surface area contributed by atoms with Crippen molar-refractivity contribution in [2.24, 2.45) is 0 Å². The summed E-state index contributed by atoms with van der Waals surface area (Å²) >= 11 is 0. The molecule has 20 heavy (non-hydrogen) atoms. The summed E-state index contributed by atoms with van der Waals surface area (Å²) in [5.74, 6) is -0.560. The molecule has 2 rings (SSSR count). The van der Waals surface area contributed by atoms with Crippen LogP contribution in [-0.4, -0.2) is 22.0 Å². The number of aromatic nitrogens is 1. The molecule has 0 unspecified atom stereocenters. The number of carbonyl (C=O) groups is 1. The Labute approximate surface area is 115 Å². The van der Waals surface area contributed by atoms with Crippen LogP contribution < -0.4 is 5.32 Å². The lowest BCUT2D eigenvalue weighted by atomic mass is 10.1. The van der Waals surface area contributed by atoms with Crippen molar-refractivity contribution in [2.45, 2.75) is 25.5 Å². The van der Waals surface area contributed by atoms with Gasteiger partial charge in [0.1, 0.15) is 17.7 Å². The van der Waals surface area contributed by atoms with Gasteiger partial charge in [-0.25, -0.2) is 4.39 Å². The van der Waals surface area contributed by atoms with Crippen molar-refractivity contribution in [3.05, 3.63) is 54.0 Å². The average Bonchev–Trinajstić information content (AvgIpc) is 2.92. The van der Waals surface area contributed by atoms with Gasteiger partial charge in [0, 0.05) is 18.7 Å². The number of halogens is 1. The zero-order valence-electron chi connectivity index (χ0n) is 10.9. The van der Waals surface area contributed by atoms with Crippen LogP contribution in [0, 0.1) is 5.82 Å². The van der Waals surface area contributed by atoms with Gasteiger partial charge in [0.2, 0.25) is 0 Å². The van der Waals surface area contributed by atoms with Crippen molar-refractivity contribution in [3.8, 4) is 0 Å². The Balaban J connectivity index is 1.91. The monoisotopic (exact) mass is 278 g/mol. The fourth-order valence-electron chi connectivity index (χ4n) is 1.83. The number of hydrogen-bond donors (Lipinski definition) is 2. The number of pyridine rings is 1. The predicted molar refractivity (Wildman–Crippen MR) is 69.4 cm³/mol. The maximum Gasteiger partial charge on any atom is 0.253 e. The van der Waals surface area contributed by atoms with Crippen molar-refractivity contribution in [1.82, 2.24) is 10.3 Å². The van der Waals surface area contributed by atoms with Gasteiger partial charge in [-0.15, -0.1) is 0 Å². The van der Waals surface area contributed by atoms with Crippen molar-refractivity contribution in [3.63, 3.8) is 0 Å². The van der Waals surface area contributed by atoms with Crippen LogP contribution in [0.5, 0.6) is 0 Å². The maximum atomic E-state index is 13.0. The number of rotatable bonds is 5. The first-order chi connectivity index (χ1) is 9.56. The number of nitrogens with one attached hydrogen (secondary N) is 1. The molecule has 2 aromatic rings. The van der Waals surface area contributed by atoms with Gasteiger partial charge in [0.05, 0.1) is 18.0 Å². The second kappa shape index (κ2) is 6.29. The summed E-state index contributed by atoms with van der Waals surface area (Å²) in [6.45, 7) is 1.75. The molecule has 2 N–H and O–H groups in total. The SMILES string of the molecule is C[C@@H](C[C@@H](O)c1ccco1)NC(=O)c1cncc(F)c1. The van der Waals surface area contributed by atoms with Gasteiger partial charge in [-0.05, 0) is 25.1 Å². The lowest BCUT2D eigenvalue weighted by Crippen LogP contribution is -2.33. The fourth-order valence-corrected chi connectivity index (χ4v) is 1.83. The van der Waals surface area contributed by atoms with E-state index in [4.69, 9.17) is 4.42 Å². The molecule has 2 atom stereocenters. The number of hydrogen-bond acceptors (Lipinski definition) is 4. The summed E-state index contributed by atoms with van der Waals surface area (Å²) in [5.41, 5.74) is 0.143. The highest BCUT2D eigenvalue weighted by Crippen LogP contribution is 2.18. The third-order valence-corrected chi connectivity index (χ3v) is 2.79. The van der Waals surface area contributed by atoms with Crippen molar-refractivity contribution < 1.29 is 18.7 Å². The molecule has 0 bridgehead atoms. The smallest absolute Gasteiger partial charge is 0.253 e. The number of carbonyl (C=O) groups excluding carboxylic acids is 1. The molecule has 0 saturated heterocycles. The minimum Gasteiger partial charge on any atom is -0.467 e. The second-order valence-electron chi connectivity index (χ2n) is 4.53. The van der Waals surface area contributed by atoms with Gasteiger partial charge in [0.15, 0.2) is 0 Å². The van der Waals surface area contributed by atoms with E-state index in [-0.39, 0.29) is 11.6 Å². The van der Waals surface area contributed by atoms with E-state index in [1.54, 1.807) is 19.1 Å². The Bertz CT molecular complexity index is 572. The van der Waals surface area contributed by atoms with E-state index in [1.165, 1.54) is 12.5 Å². The Kier molecular flexibility index (Phi) is 4.47. The van der Waals surface area contributed by atoms with E-state index in [9.17, 15) is 14.3 Å². The second-order valence-corrected chi connectivity index (χ2v) is 4.53. The standard InChI is InChI=1S/C14H15FN2O3/c1-9(5-12(18)13-3-2-4-20-13)17-14(19)10-6-11(15)8-16-7-10/h2-4,6-9,12,18H,5H2,1H3,(H,17,19)/t9-,12+/m0/s1. The van der Waals surface area contributed by atoms with Crippen LogP contribution in [0.2, 0.25) is 0 Å². The number of aliphatic hydroxyl groups excluding tert-OH is 1. The number of nitrogens with zero attached hydrogens (tertiary/aromatic N) is 1. The van der Waals surface area contributed by atoms with E-state index in [0.29, 0.717) is 12.2 Å². The van der Waals surface area contributed by atoms with Gasteiger partial charge in [-0.3, -0.25) is 9.78 Å². The molecule has 0 spiro atoms. The van der Waals surface area contributed by atoms with Crippen LogP contribution in [0.3, 0.4) is 0 Å². The molecule has 0 aromatic carbocycles. The van der Waals surface area contributed by atoms with Crippen molar-refractivity contribution in [1.29, 1.82) is 0 Å². The number of furan rings is 1. The largest absolute Gasteiger partial charge is 0.467 e. The molecule has 5 nitrogen and oxygen atoms in total. The lowest BCUT2D eigenvalue weighted by molar-refractivity contribution is 0.0902. The molecule has 6 heteroatoms. The molecule has 106 valence electrons. The Hall–Kier alpha value is -2.21. The quantitative estimate of drug-likeness (QED) is 0.877. The van der Waals surface area contributed by atoms with Crippen LogP contribution in [0.1, 0.15) is 35.6 Å². The molecule has 2 aromatic heterocycles. The zero-order valence-corrected chi connectivity index (χ0v) is 10.9. The van der Waals surface area contributed by atoms with E-state index in [2.05, 4.69) is 10.3 Å². The molecule has 0 fully saturated rings. The van der Waals surface area contributed by atoms with E-state index >= 15 is 0 Å². The van der Waals surface area contributed by atoms with Crippen molar-refractivity contribution in [2.75, 3.05) is 0 Å². The van der Waals surface area contributed by atoms with Crippen LogP contribution in [0.25, 0.3) is 0 Å². The van der Waals surface area contributed by atoms with Crippen LogP contribution in [0.4, 0.5) is 4.39 Å². The summed E-state index contributed by atoms with van der Waals surface area (Å²) in [6.07, 6.45) is 3.28. The predicted octanol–water partition coefficient (Wildman–Crippen LogP) is 2.06. The summed E-state index contributed by atoms with van der Waals surface area (Å²) in [5, 5.41) is 12.6. The first-order valence-electron chi connectivity index (χ1n) is 6.19. The minimum atomic E-state index is -0.800. The molecule has 2 heterocycles. The lowest BCUT2D eigenvalue weighted by Gasteiger charge is -2.16. The van der Waals surface area contributed by atoms with Crippen LogP contribution in [0.15, 0.2) is 41.3 Å². The maximum absolute atomic E-state index is 13.0. The third kappa shape index (κ3) is 3.64. The summed E-state index contributed by atoms with van der Waals surface area (Å²) < 4.78 is 18.0. The van der Waals surface area contributed by atoms with Crippen LogP contribution in [-0.2, 0) is 0 Å². The third-order valence-electron chi connectivity index (χ3n) is 2.79. The van der Waals surface area contributed by atoms with E-state index < -0.39 is 17.8 Å². The first-order valence-corrected chi connectivity index (χ1v) is 6.19. The minimum absolute atomic E-state index is 0.143. The summed E-state index contributed by atoms with van der Waals surface area (Å²) in [6, 6.07) is 4.15. The van der Waals surface area contributed by atoms with E-state index in [1.807, 2.05) is 0 Å². The Morgan fingerprint density at radius 2 is 2.35 bits per heavy atom. The number of amides is 1. The highest BCUT2D eigenvalue weighted by molar-refractivity contribution is 5.94. The van der Waals surface area contributed by atoms with Gasteiger partial charge in [-0.2, -0.15) is 0 Å². The number of aliphatic hydroxyl groups is 1. The van der Waals surface area contributed by atoms with Crippen LogP contribution >= 0.6 is 0 Å².